The number of nitrogens with zero attached hydrogens (tertiary/aromatic N) is 1. The van der Waals surface area contributed by atoms with Crippen LogP contribution in [0.1, 0.15) is 25.5 Å². The molecule has 0 saturated carbocycles. The largest absolute Gasteiger partial charge is 0.398 e. The van der Waals surface area contributed by atoms with Crippen LogP contribution in [0.5, 0.6) is 0 Å². The minimum absolute atomic E-state index is 0.0449. The Balaban J connectivity index is 2.92. The Morgan fingerprint density at radius 3 is 2.53 bits per heavy atom. The van der Waals surface area contributed by atoms with E-state index >= 15 is 0 Å². The molecule has 0 aromatic carbocycles. The van der Waals surface area contributed by atoms with E-state index in [0.717, 1.165) is 5.56 Å². The first-order chi connectivity index (χ1) is 7.07. The molecule has 15 heavy (non-hydrogen) atoms. The molecule has 0 radical (unpaired) electrons. The van der Waals surface area contributed by atoms with Crippen molar-refractivity contribution in [3.05, 3.63) is 24.0 Å². The molecule has 0 aliphatic heterocycles. The molecule has 0 aliphatic rings. The quantitative estimate of drug-likeness (QED) is 0.784. The molecular weight excluding hydrogens is 190 g/mol. The molecule has 0 amide bonds. The van der Waals surface area contributed by atoms with E-state index in [9.17, 15) is 0 Å². The molecule has 0 fully saturated rings. The van der Waals surface area contributed by atoms with Crippen LogP contribution in [0.4, 0.5) is 5.69 Å². The van der Waals surface area contributed by atoms with E-state index < -0.39 is 0 Å². The standard InChI is InChI=1S/C11H19N3O/c1-7(2)11(15-3)10(13)8-6-14-5-4-9(8)12/h4-7,10-11H,13H2,1-3H3,(H2,12,14). The highest BCUT2D eigenvalue weighted by Gasteiger charge is 2.23. The van der Waals surface area contributed by atoms with Crippen molar-refractivity contribution >= 4 is 5.69 Å². The Hall–Kier alpha value is -1.13. The Bertz CT molecular complexity index is 314. The Kier molecular flexibility index (Phi) is 4.05. The minimum Gasteiger partial charge on any atom is -0.398 e. The van der Waals surface area contributed by atoms with Crippen molar-refractivity contribution < 1.29 is 4.74 Å². The highest BCUT2D eigenvalue weighted by atomic mass is 16.5. The summed E-state index contributed by atoms with van der Waals surface area (Å²) in [4.78, 5) is 4.03. The molecule has 84 valence electrons. The molecule has 1 aromatic heterocycles. The van der Waals surface area contributed by atoms with Crippen molar-refractivity contribution in [3.63, 3.8) is 0 Å². The molecule has 2 unspecified atom stereocenters. The second kappa shape index (κ2) is 5.09. The van der Waals surface area contributed by atoms with Crippen molar-refractivity contribution in [1.82, 2.24) is 4.98 Å². The van der Waals surface area contributed by atoms with Gasteiger partial charge in [-0.3, -0.25) is 4.98 Å². The number of hydrogen-bond acceptors (Lipinski definition) is 4. The van der Waals surface area contributed by atoms with Gasteiger partial charge < -0.3 is 16.2 Å². The lowest BCUT2D eigenvalue weighted by molar-refractivity contribution is 0.0438. The molecule has 1 aromatic rings. The average molecular weight is 209 g/mol. The third-order valence-electron chi connectivity index (χ3n) is 2.53. The zero-order valence-electron chi connectivity index (χ0n) is 9.47. The van der Waals surface area contributed by atoms with Crippen LogP contribution < -0.4 is 11.5 Å². The summed E-state index contributed by atoms with van der Waals surface area (Å²) in [7, 11) is 1.66. The fraction of sp³-hybridized carbons (Fsp3) is 0.545. The number of hydrogen-bond donors (Lipinski definition) is 2. The number of methoxy groups -OCH3 is 1. The van der Waals surface area contributed by atoms with Gasteiger partial charge >= 0.3 is 0 Å². The maximum absolute atomic E-state index is 6.11. The van der Waals surface area contributed by atoms with Gasteiger partial charge in [-0.1, -0.05) is 13.8 Å². The molecule has 0 aliphatic carbocycles. The van der Waals surface area contributed by atoms with Crippen molar-refractivity contribution in [3.8, 4) is 0 Å². The van der Waals surface area contributed by atoms with Crippen molar-refractivity contribution in [2.45, 2.75) is 26.0 Å². The SMILES string of the molecule is COC(C(C)C)C(N)c1cnccc1N. The fourth-order valence-electron chi connectivity index (χ4n) is 1.71. The van der Waals surface area contributed by atoms with Crippen LogP contribution in [0.3, 0.4) is 0 Å². The summed E-state index contributed by atoms with van der Waals surface area (Å²) in [6.07, 6.45) is 3.31. The van der Waals surface area contributed by atoms with Gasteiger partial charge in [0.2, 0.25) is 0 Å². The van der Waals surface area contributed by atoms with Crippen molar-refractivity contribution in [2.75, 3.05) is 12.8 Å². The number of ether oxygens (including phenoxy) is 1. The van der Waals surface area contributed by atoms with E-state index in [1.165, 1.54) is 0 Å². The monoisotopic (exact) mass is 209 g/mol. The minimum atomic E-state index is -0.233. The van der Waals surface area contributed by atoms with Gasteiger partial charge in [0.15, 0.2) is 0 Å². The Labute approximate surface area is 90.6 Å². The zero-order chi connectivity index (χ0) is 11.4. The highest BCUT2D eigenvalue weighted by Crippen LogP contribution is 2.25. The molecule has 2 atom stereocenters. The summed E-state index contributed by atoms with van der Waals surface area (Å²) in [6.45, 7) is 4.14. The van der Waals surface area contributed by atoms with Gasteiger partial charge in [0, 0.05) is 30.8 Å². The number of nitrogen functional groups attached to an aromatic ring is 1. The lowest BCUT2D eigenvalue weighted by Gasteiger charge is -2.26. The number of aromatic nitrogens is 1. The van der Waals surface area contributed by atoms with Gasteiger partial charge in [-0.15, -0.1) is 0 Å². The van der Waals surface area contributed by atoms with E-state index in [0.29, 0.717) is 11.6 Å². The van der Waals surface area contributed by atoms with E-state index in [-0.39, 0.29) is 12.1 Å². The summed E-state index contributed by atoms with van der Waals surface area (Å²) in [5, 5.41) is 0. The van der Waals surface area contributed by atoms with E-state index in [1.54, 1.807) is 25.6 Å². The molecule has 4 N–H and O–H groups in total. The van der Waals surface area contributed by atoms with Crippen LogP contribution in [-0.2, 0) is 4.74 Å². The molecule has 4 nitrogen and oxygen atoms in total. The van der Waals surface area contributed by atoms with Crippen LogP contribution in [0.2, 0.25) is 0 Å². The van der Waals surface area contributed by atoms with Crippen LogP contribution in [0, 0.1) is 5.92 Å². The molecule has 1 heterocycles. The Morgan fingerprint density at radius 1 is 1.40 bits per heavy atom. The molecule has 0 saturated heterocycles. The second-order valence-electron chi connectivity index (χ2n) is 3.97. The lowest BCUT2D eigenvalue weighted by Crippen LogP contribution is -2.33. The van der Waals surface area contributed by atoms with Gasteiger partial charge in [0.05, 0.1) is 12.1 Å². The number of rotatable bonds is 4. The summed E-state index contributed by atoms with van der Waals surface area (Å²) in [6, 6.07) is 1.52. The van der Waals surface area contributed by atoms with E-state index in [2.05, 4.69) is 18.8 Å². The van der Waals surface area contributed by atoms with Crippen LogP contribution in [0.25, 0.3) is 0 Å². The van der Waals surface area contributed by atoms with Gasteiger partial charge in [0.1, 0.15) is 0 Å². The first-order valence-electron chi connectivity index (χ1n) is 5.05. The molecular formula is C11H19N3O. The van der Waals surface area contributed by atoms with Gasteiger partial charge in [-0.25, -0.2) is 0 Å². The number of anilines is 1. The maximum atomic E-state index is 6.11. The second-order valence-corrected chi connectivity index (χ2v) is 3.97. The molecule has 0 spiro atoms. The molecule has 0 bridgehead atoms. The zero-order valence-corrected chi connectivity index (χ0v) is 9.47. The Morgan fingerprint density at radius 2 is 2.07 bits per heavy atom. The lowest BCUT2D eigenvalue weighted by atomic mass is 9.94. The average Bonchev–Trinajstić information content (AvgIpc) is 2.18. The first kappa shape index (κ1) is 11.9. The van der Waals surface area contributed by atoms with Gasteiger partial charge in [0.25, 0.3) is 0 Å². The fourth-order valence-corrected chi connectivity index (χ4v) is 1.71. The van der Waals surface area contributed by atoms with Gasteiger partial charge in [-0.05, 0) is 12.0 Å². The van der Waals surface area contributed by atoms with Crippen LogP contribution >= 0.6 is 0 Å². The number of pyridine rings is 1. The number of nitrogens with two attached hydrogens (primary N) is 2. The van der Waals surface area contributed by atoms with Crippen LogP contribution in [-0.4, -0.2) is 18.2 Å². The third kappa shape index (κ3) is 2.67. The molecule has 4 heteroatoms. The third-order valence-corrected chi connectivity index (χ3v) is 2.53. The predicted molar refractivity (Wildman–Crippen MR) is 61.2 cm³/mol. The summed E-state index contributed by atoms with van der Waals surface area (Å²) in [5.74, 6) is 0.338. The maximum Gasteiger partial charge on any atom is 0.0788 e. The summed E-state index contributed by atoms with van der Waals surface area (Å²) >= 11 is 0. The van der Waals surface area contributed by atoms with Crippen molar-refractivity contribution in [2.24, 2.45) is 11.7 Å². The smallest absolute Gasteiger partial charge is 0.0788 e. The molecule has 1 rings (SSSR count). The normalized spacial score (nSPS) is 15.3. The van der Waals surface area contributed by atoms with E-state index in [1.807, 2.05) is 0 Å². The predicted octanol–water partition coefficient (Wildman–Crippen LogP) is 1.33. The van der Waals surface area contributed by atoms with Gasteiger partial charge in [-0.2, -0.15) is 0 Å². The van der Waals surface area contributed by atoms with E-state index in [4.69, 9.17) is 16.2 Å². The topological polar surface area (TPSA) is 74.2 Å². The van der Waals surface area contributed by atoms with Crippen LogP contribution in [0.15, 0.2) is 18.5 Å². The first-order valence-corrected chi connectivity index (χ1v) is 5.05. The summed E-state index contributed by atoms with van der Waals surface area (Å²) < 4.78 is 5.37. The summed E-state index contributed by atoms with van der Waals surface area (Å²) in [5.41, 5.74) is 13.5. The highest BCUT2D eigenvalue weighted by molar-refractivity contribution is 5.46. The van der Waals surface area contributed by atoms with Crippen molar-refractivity contribution in [1.29, 1.82) is 0 Å².